The summed E-state index contributed by atoms with van der Waals surface area (Å²) in [7, 11) is 0. The van der Waals surface area contributed by atoms with Crippen molar-refractivity contribution >= 4 is 33.5 Å². The number of ether oxygens (including phenoxy) is 2. The summed E-state index contributed by atoms with van der Waals surface area (Å²) in [6, 6.07) is 8.32. The van der Waals surface area contributed by atoms with Crippen LogP contribution in [0.3, 0.4) is 0 Å². The summed E-state index contributed by atoms with van der Waals surface area (Å²) in [6.07, 6.45) is 2.25. The van der Waals surface area contributed by atoms with Crippen LogP contribution in [0.5, 0.6) is 11.5 Å². The van der Waals surface area contributed by atoms with Crippen molar-refractivity contribution in [1.82, 2.24) is 0 Å². The van der Waals surface area contributed by atoms with Gasteiger partial charge >= 0.3 is 5.97 Å². The molecule has 0 aromatic heterocycles. The Labute approximate surface area is 170 Å². The predicted molar refractivity (Wildman–Crippen MR) is 106 cm³/mol. The van der Waals surface area contributed by atoms with Crippen molar-refractivity contribution < 1.29 is 23.5 Å². The number of fused-ring (bicyclic) bond motifs is 1. The van der Waals surface area contributed by atoms with Gasteiger partial charge in [0, 0.05) is 6.42 Å². The van der Waals surface area contributed by atoms with E-state index in [1.54, 1.807) is 31.2 Å². The first-order valence-corrected chi connectivity index (χ1v) is 10.1. The Kier molecular flexibility index (Phi) is 5.10. The summed E-state index contributed by atoms with van der Waals surface area (Å²) < 4.78 is 26.6. The SMILES string of the molecule is CCC(=O)Oc1c(Br)cccc1N1CCOc2cc(C3CC3)cc(F)c2C1=O. The van der Waals surface area contributed by atoms with Crippen LogP contribution in [0.25, 0.3) is 0 Å². The lowest BCUT2D eigenvalue weighted by atomic mass is 10.0. The highest BCUT2D eigenvalue weighted by atomic mass is 79.9. The van der Waals surface area contributed by atoms with Crippen LogP contribution in [0.4, 0.5) is 10.1 Å². The van der Waals surface area contributed by atoms with Crippen LogP contribution in [-0.4, -0.2) is 25.0 Å². The van der Waals surface area contributed by atoms with Crippen LogP contribution in [0.15, 0.2) is 34.8 Å². The molecular weight excluding hydrogens is 429 g/mol. The van der Waals surface area contributed by atoms with E-state index in [0.717, 1.165) is 18.4 Å². The molecule has 5 nitrogen and oxygen atoms in total. The summed E-state index contributed by atoms with van der Waals surface area (Å²) in [5, 5.41) is 0. The number of hydrogen-bond donors (Lipinski definition) is 0. The first-order valence-electron chi connectivity index (χ1n) is 9.27. The molecule has 146 valence electrons. The minimum Gasteiger partial charge on any atom is -0.491 e. The monoisotopic (exact) mass is 447 g/mol. The molecule has 2 aromatic rings. The van der Waals surface area contributed by atoms with Gasteiger partial charge in [0.2, 0.25) is 0 Å². The molecule has 1 saturated carbocycles. The number of benzene rings is 2. The smallest absolute Gasteiger partial charge is 0.311 e. The molecule has 4 rings (SSSR count). The molecule has 0 radical (unpaired) electrons. The molecule has 0 saturated heterocycles. The number of esters is 1. The maximum absolute atomic E-state index is 14.9. The molecule has 0 atom stereocenters. The van der Waals surface area contributed by atoms with Crippen LogP contribution in [0, 0.1) is 5.82 Å². The van der Waals surface area contributed by atoms with E-state index in [2.05, 4.69) is 15.9 Å². The molecule has 1 fully saturated rings. The van der Waals surface area contributed by atoms with Gasteiger partial charge in [0.1, 0.15) is 23.7 Å². The van der Waals surface area contributed by atoms with E-state index in [0.29, 0.717) is 16.1 Å². The number of rotatable bonds is 4. The first kappa shape index (κ1) is 18.9. The highest BCUT2D eigenvalue weighted by Gasteiger charge is 2.33. The van der Waals surface area contributed by atoms with Crippen molar-refractivity contribution in [2.24, 2.45) is 0 Å². The van der Waals surface area contributed by atoms with Crippen LogP contribution in [0.2, 0.25) is 0 Å². The third kappa shape index (κ3) is 3.51. The van der Waals surface area contributed by atoms with E-state index < -0.39 is 17.7 Å². The molecule has 7 heteroatoms. The molecule has 0 unspecified atom stereocenters. The molecule has 1 heterocycles. The molecule has 1 aliphatic heterocycles. The minimum absolute atomic E-state index is 0.0883. The molecule has 0 spiro atoms. The third-order valence-electron chi connectivity index (χ3n) is 4.90. The standard InChI is InChI=1S/C21H19BrFNO4/c1-2-18(25)28-20-14(22)4-3-5-16(20)24-8-9-27-17-11-13(12-6-7-12)10-15(23)19(17)21(24)26/h3-5,10-12H,2,6-9H2,1H3. The molecule has 1 amide bonds. The van der Waals surface area contributed by atoms with Crippen LogP contribution >= 0.6 is 15.9 Å². The van der Waals surface area contributed by atoms with E-state index in [9.17, 15) is 14.0 Å². The Bertz CT molecular complexity index is 958. The number of halogens is 2. The van der Waals surface area contributed by atoms with Crippen molar-refractivity contribution in [2.45, 2.75) is 32.1 Å². The number of nitrogens with zero attached hydrogens (tertiary/aromatic N) is 1. The number of carbonyl (C=O) groups is 2. The summed E-state index contributed by atoms with van der Waals surface area (Å²) in [5.74, 6) is -0.661. The van der Waals surface area contributed by atoms with Crippen molar-refractivity contribution in [3.8, 4) is 11.5 Å². The van der Waals surface area contributed by atoms with Gasteiger partial charge in [-0.3, -0.25) is 9.59 Å². The van der Waals surface area contributed by atoms with Crippen LogP contribution in [0.1, 0.15) is 48.0 Å². The fourth-order valence-corrected chi connectivity index (χ4v) is 3.72. The van der Waals surface area contributed by atoms with Gasteiger partial charge in [-0.15, -0.1) is 0 Å². The Morgan fingerprint density at radius 1 is 1.36 bits per heavy atom. The number of hydrogen-bond acceptors (Lipinski definition) is 4. The molecule has 2 aromatic carbocycles. The van der Waals surface area contributed by atoms with Crippen molar-refractivity contribution in [1.29, 1.82) is 0 Å². The number of anilines is 1. The van der Waals surface area contributed by atoms with E-state index in [1.807, 2.05) is 0 Å². The van der Waals surface area contributed by atoms with E-state index in [4.69, 9.17) is 9.47 Å². The fourth-order valence-electron chi connectivity index (χ4n) is 3.29. The predicted octanol–water partition coefficient (Wildman–Crippen LogP) is 4.82. The highest BCUT2D eigenvalue weighted by molar-refractivity contribution is 9.10. The van der Waals surface area contributed by atoms with Crippen LogP contribution in [-0.2, 0) is 4.79 Å². The van der Waals surface area contributed by atoms with Gasteiger partial charge in [0.25, 0.3) is 5.91 Å². The second-order valence-electron chi connectivity index (χ2n) is 6.87. The maximum Gasteiger partial charge on any atom is 0.311 e. The molecule has 1 aliphatic carbocycles. The summed E-state index contributed by atoms with van der Waals surface area (Å²) in [5.41, 5.74) is 1.18. The van der Waals surface area contributed by atoms with Gasteiger partial charge in [-0.25, -0.2) is 4.39 Å². The summed E-state index contributed by atoms with van der Waals surface area (Å²) >= 11 is 3.37. The van der Waals surface area contributed by atoms with E-state index in [-0.39, 0.29) is 36.6 Å². The van der Waals surface area contributed by atoms with Crippen molar-refractivity contribution in [3.63, 3.8) is 0 Å². The van der Waals surface area contributed by atoms with Gasteiger partial charge in [-0.1, -0.05) is 13.0 Å². The van der Waals surface area contributed by atoms with Gasteiger partial charge in [0.15, 0.2) is 5.75 Å². The molecule has 0 bridgehead atoms. The van der Waals surface area contributed by atoms with Gasteiger partial charge in [-0.2, -0.15) is 0 Å². The Morgan fingerprint density at radius 3 is 2.86 bits per heavy atom. The minimum atomic E-state index is -0.585. The van der Waals surface area contributed by atoms with Crippen molar-refractivity contribution in [2.75, 3.05) is 18.1 Å². The lowest BCUT2D eigenvalue weighted by molar-refractivity contribution is -0.134. The number of carbonyl (C=O) groups excluding carboxylic acids is 2. The zero-order valence-electron chi connectivity index (χ0n) is 15.3. The topological polar surface area (TPSA) is 55.8 Å². The highest BCUT2D eigenvalue weighted by Crippen LogP contribution is 2.44. The summed E-state index contributed by atoms with van der Waals surface area (Å²) in [6.45, 7) is 2.10. The zero-order valence-corrected chi connectivity index (χ0v) is 16.9. The van der Waals surface area contributed by atoms with Gasteiger partial charge in [0.05, 0.1) is 16.7 Å². The normalized spacial score (nSPS) is 16.2. The van der Waals surface area contributed by atoms with Gasteiger partial charge < -0.3 is 14.4 Å². The Morgan fingerprint density at radius 2 is 2.14 bits per heavy atom. The number of amides is 1. The second kappa shape index (κ2) is 7.54. The summed E-state index contributed by atoms with van der Waals surface area (Å²) in [4.78, 5) is 26.5. The third-order valence-corrected chi connectivity index (χ3v) is 5.52. The first-order chi connectivity index (χ1) is 13.5. The maximum atomic E-state index is 14.9. The van der Waals surface area contributed by atoms with Crippen LogP contribution < -0.4 is 14.4 Å². The Hall–Kier alpha value is -2.41. The average Bonchev–Trinajstić information content (AvgIpc) is 3.51. The lowest BCUT2D eigenvalue weighted by Crippen LogP contribution is -2.33. The molecule has 28 heavy (non-hydrogen) atoms. The molecule has 2 aliphatic rings. The average molecular weight is 448 g/mol. The van der Waals surface area contributed by atoms with Crippen molar-refractivity contribution in [3.05, 3.63) is 51.7 Å². The van der Waals surface area contributed by atoms with Gasteiger partial charge in [-0.05, 0) is 64.5 Å². The molecular formula is C21H19BrFNO4. The van der Waals surface area contributed by atoms with E-state index in [1.165, 1.54) is 11.0 Å². The number of para-hydroxylation sites is 1. The molecule has 0 N–H and O–H groups in total. The largest absolute Gasteiger partial charge is 0.491 e. The van der Waals surface area contributed by atoms with E-state index >= 15 is 0 Å². The quantitative estimate of drug-likeness (QED) is 0.497. The fraction of sp³-hybridized carbons (Fsp3) is 0.333. The Balaban J connectivity index is 1.76. The zero-order chi connectivity index (χ0) is 19.8. The lowest BCUT2D eigenvalue weighted by Gasteiger charge is -2.23. The second-order valence-corrected chi connectivity index (χ2v) is 7.73.